The first-order valence-electron chi connectivity index (χ1n) is 10.1. The van der Waals surface area contributed by atoms with Crippen LogP contribution in [0.1, 0.15) is 27.6 Å². The van der Waals surface area contributed by atoms with Crippen molar-refractivity contribution in [2.75, 3.05) is 14.2 Å². The molecule has 0 aliphatic carbocycles. The Hall–Kier alpha value is -4.47. The van der Waals surface area contributed by atoms with E-state index >= 15 is 0 Å². The topological polar surface area (TPSA) is 155 Å². The van der Waals surface area contributed by atoms with Gasteiger partial charge in [-0.1, -0.05) is 6.07 Å². The van der Waals surface area contributed by atoms with Crippen molar-refractivity contribution in [2.24, 2.45) is 0 Å². The van der Waals surface area contributed by atoms with Gasteiger partial charge in [0, 0.05) is 29.7 Å². The highest BCUT2D eigenvalue weighted by Gasteiger charge is 2.37. The summed E-state index contributed by atoms with van der Waals surface area (Å²) in [7, 11) is 2.64. The van der Waals surface area contributed by atoms with E-state index in [9.17, 15) is 30.3 Å². The van der Waals surface area contributed by atoms with Gasteiger partial charge in [-0.05, 0) is 24.3 Å². The summed E-state index contributed by atoms with van der Waals surface area (Å²) >= 11 is 0. The van der Waals surface area contributed by atoms with Crippen molar-refractivity contribution in [2.45, 2.75) is 18.6 Å². The fraction of sp³-hybridized carbons (Fsp3) is 0.208. The fourth-order valence-corrected chi connectivity index (χ4v) is 3.84. The van der Waals surface area contributed by atoms with E-state index in [0.29, 0.717) is 11.1 Å². The van der Waals surface area contributed by atoms with E-state index in [0.717, 1.165) is 18.2 Å². The molecule has 3 aromatic rings. The molecule has 0 bridgehead atoms. The third kappa shape index (κ3) is 4.13. The maximum absolute atomic E-state index is 12.9. The minimum absolute atomic E-state index is 0.0230. The molecule has 2 atom stereocenters. The Morgan fingerprint density at radius 1 is 0.882 bits per heavy atom. The van der Waals surface area contributed by atoms with Crippen LogP contribution in [0, 0.1) is 0 Å². The largest absolute Gasteiger partial charge is 0.508 e. The molecule has 0 unspecified atom stereocenters. The molecule has 0 amide bonds. The van der Waals surface area contributed by atoms with Crippen LogP contribution in [0.3, 0.4) is 0 Å². The molecule has 1 aliphatic rings. The first-order chi connectivity index (χ1) is 16.2. The summed E-state index contributed by atoms with van der Waals surface area (Å²) in [6.45, 7) is 0. The van der Waals surface area contributed by atoms with Crippen LogP contribution in [0.5, 0.6) is 46.0 Å². The maximum Gasteiger partial charge on any atom is 0.338 e. The Labute approximate surface area is 193 Å². The van der Waals surface area contributed by atoms with E-state index in [1.54, 1.807) is 6.07 Å². The van der Waals surface area contributed by atoms with Crippen LogP contribution < -0.4 is 14.2 Å². The zero-order valence-corrected chi connectivity index (χ0v) is 18.2. The standard InChI is InChI=1S/C24H22O10/c1-31-20-7-11(3-4-15(20)26)22-21(10-14-16(27)8-13(25)9-19(14)33-22)34-24(30)12-5-17(28)23(32-2)18(29)6-12/h3-9,21-22,25-29H,10H2,1-2H3/t21-,22-/m1/s1. The van der Waals surface area contributed by atoms with E-state index in [1.165, 1.54) is 32.4 Å². The van der Waals surface area contributed by atoms with Crippen LogP contribution in [-0.2, 0) is 11.2 Å². The molecular weight excluding hydrogens is 448 g/mol. The van der Waals surface area contributed by atoms with E-state index < -0.39 is 29.7 Å². The third-order valence-electron chi connectivity index (χ3n) is 5.45. The van der Waals surface area contributed by atoms with Crippen LogP contribution in [0.15, 0.2) is 42.5 Å². The fourth-order valence-electron chi connectivity index (χ4n) is 3.84. The number of aromatic hydroxyl groups is 5. The number of hydrogen-bond donors (Lipinski definition) is 5. The van der Waals surface area contributed by atoms with Crippen molar-refractivity contribution < 1.29 is 49.3 Å². The second-order valence-corrected chi connectivity index (χ2v) is 7.61. The van der Waals surface area contributed by atoms with Crippen molar-refractivity contribution in [1.29, 1.82) is 0 Å². The zero-order chi connectivity index (χ0) is 24.6. The molecule has 0 fully saturated rings. The summed E-state index contributed by atoms with van der Waals surface area (Å²) in [6.07, 6.45) is -1.86. The molecule has 34 heavy (non-hydrogen) atoms. The lowest BCUT2D eigenvalue weighted by Crippen LogP contribution is -2.34. The Morgan fingerprint density at radius 3 is 2.24 bits per heavy atom. The number of carbonyl (C=O) groups is 1. The molecule has 0 saturated carbocycles. The van der Waals surface area contributed by atoms with E-state index in [2.05, 4.69) is 0 Å². The lowest BCUT2D eigenvalue weighted by molar-refractivity contribution is -0.0189. The molecule has 0 radical (unpaired) electrons. The molecule has 1 aliphatic heterocycles. The van der Waals surface area contributed by atoms with Gasteiger partial charge in [0.25, 0.3) is 0 Å². The summed E-state index contributed by atoms with van der Waals surface area (Å²) in [5.74, 6) is -2.15. The molecular formula is C24H22O10. The summed E-state index contributed by atoms with van der Waals surface area (Å²) < 4.78 is 21.7. The van der Waals surface area contributed by atoms with Gasteiger partial charge in [0.05, 0.1) is 19.8 Å². The van der Waals surface area contributed by atoms with Crippen LogP contribution in [0.25, 0.3) is 0 Å². The van der Waals surface area contributed by atoms with Crippen LogP contribution in [0.2, 0.25) is 0 Å². The normalized spacial score (nSPS) is 16.8. The average molecular weight is 470 g/mol. The Balaban J connectivity index is 1.72. The molecule has 3 aromatic carbocycles. The lowest BCUT2D eigenvalue weighted by Gasteiger charge is -2.34. The number of fused-ring (bicyclic) bond motifs is 1. The number of phenols is 5. The van der Waals surface area contributed by atoms with Gasteiger partial charge in [-0.3, -0.25) is 0 Å². The number of ether oxygens (including phenoxy) is 4. The van der Waals surface area contributed by atoms with Gasteiger partial charge in [-0.25, -0.2) is 4.79 Å². The third-order valence-corrected chi connectivity index (χ3v) is 5.45. The highest BCUT2D eigenvalue weighted by molar-refractivity contribution is 5.91. The predicted octanol–water partition coefficient (Wildman–Crippen LogP) is 3.13. The summed E-state index contributed by atoms with van der Waals surface area (Å²) in [6, 6.07) is 9.12. The van der Waals surface area contributed by atoms with Crippen LogP contribution >= 0.6 is 0 Å². The number of phenolic OH excluding ortho intramolecular Hbond substituents is 5. The number of esters is 1. The highest BCUT2D eigenvalue weighted by Crippen LogP contribution is 2.44. The van der Waals surface area contributed by atoms with E-state index in [-0.39, 0.29) is 46.5 Å². The second kappa shape index (κ2) is 8.81. The molecule has 1 heterocycles. The zero-order valence-electron chi connectivity index (χ0n) is 18.2. The number of benzene rings is 3. The summed E-state index contributed by atoms with van der Waals surface area (Å²) in [4.78, 5) is 12.9. The predicted molar refractivity (Wildman–Crippen MR) is 117 cm³/mol. The van der Waals surface area contributed by atoms with E-state index in [1.807, 2.05) is 0 Å². The molecule has 10 nitrogen and oxygen atoms in total. The smallest absolute Gasteiger partial charge is 0.338 e. The van der Waals surface area contributed by atoms with Crippen molar-refractivity contribution in [3.8, 4) is 46.0 Å². The van der Waals surface area contributed by atoms with Crippen molar-refractivity contribution in [1.82, 2.24) is 0 Å². The number of carbonyl (C=O) groups excluding carboxylic acids is 1. The number of hydrogen-bond acceptors (Lipinski definition) is 10. The van der Waals surface area contributed by atoms with Gasteiger partial charge in [0.15, 0.2) is 29.1 Å². The van der Waals surface area contributed by atoms with Crippen LogP contribution in [0.4, 0.5) is 0 Å². The number of methoxy groups -OCH3 is 2. The van der Waals surface area contributed by atoms with Gasteiger partial charge in [-0.2, -0.15) is 0 Å². The van der Waals surface area contributed by atoms with Gasteiger partial charge in [-0.15, -0.1) is 0 Å². The quantitative estimate of drug-likeness (QED) is 0.351. The van der Waals surface area contributed by atoms with Crippen molar-refractivity contribution >= 4 is 5.97 Å². The monoisotopic (exact) mass is 470 g/mol. The Kier molecular flexibility index (Phi) is 5.89. The van der Waals surface area contributed by atoms with Crippen molar-refractivity contribution in [3.63, 3.8) is 0 Å². The van der Waals surface area contributed by atoms with Gasteiger partial charge in [0.1, 0.15) is 23.4 Å². The van der Waals surface area contributed by atoms with Crippen molar-refractivity contribution in [3.05, 3.63) is 59.2 Å². The SMILES string of the molecule is COc1cc([C@H]2Oc3cc(O)cc(O)c3C[C@H]2OC(=O)c2cc(O)c(OC)c(O)c2)ccc1O. The maximum atomic E-state index is 12.9. The highest BCUT2D eigenvalue weighted by atomic mass is 16.6. The van der Waals surface area contributed by atoms with Crippen LogP contribution in [-0.4, -0.2) is 51.8 Å². The first kappa shape index (κ1) is 22.7. The summed E-state index contributed by atoms with van der Waals surface area (Å²) in [5, 5.41) is 50.1. The molecule has 4 rings (SSSR count). The Bertz CT molecular complexity index is 1230. The second-order valence-electron chi connectivity index (χ2n) is 7.61. The molecule has 5 N–H and O–H groups in total. The molecule has 0 aromatic heterocycles. The van der Waals surface area contributed by atoms with E-state index in [4.69, 9.17) is 18.9 Å². The molecule has 0 saturated heterocycles. The minimum Gasteiger partial charge on any atom is -0.508 e. The average Bonchev–Trinajstić information content (AvgIpc) is 2.79. The Morgan fingerprint density at radius 2 is 1.59 bits per heavy atom. The number of rotatable bonds is 5. The molecule has 0 spiro atoms. The van der Waals surface area contributed by atoms with Gasteiger partial charge in [0.2, 0.25) is 5.75 Å². The summed E-state index contributed by atoms with van der Waals surface area (Å²) in [5.41, 5.74) is 0.665. The van der Waals surface area contributed by atoms with Gasteiger partial charge < -0.3 is 44.5 Å². The van der Waals surface area contributed by atoms with Gasteiger partial charge >= 0.3 is 5.97 Å². The molecule has 10 heteroatoms. The lowest BCUT2D eigenvalue weighted by atomic mass is 9.93. The minimum atomic E-state index is -0.976. The first-order valence-corrected chi connectivity index (χ1v) is 10.1. The molecule has 178 valence electrons.